The minimum absolute atomic E-state index is 0.894. The van der Waals surface area contributed by atoms with Crippen LogP contribution in [0.1, 0.15) is 5.56 Å². The molecule has 2 heterocycles. The number of nitrogens with one attached hydrogen (secondary N) is 2. The summed E-state index contributed by atoms with van der Waals surface area (Å²) in [7, 11) is 0. The van der Waals surface area contributed by atoms with Crippen LogP contribution in [-0.4, -0.2) is 10.1 Å². The summed E-state index contributed by atoms with van der Waals surface area (Å²) in [6.07, 6.45) is 10.6. The Balaban J connectivity index is 1.57. The molecule has 0 amide bonds. The summed E-state index contributed by atoms with van der Waals surface area (Å²) >= 11 is 0. The Morgan fingerprint density at radius 1 is 1.05 bits per heavy atom. The number of rotatable bonds is 4. The standard InChI is InChI=1S/C16H16N4/c1-2-4-16(5-3-1)19-20-11-8-15(13-18-20)12-14-6-9-17-10-7-14/h1-11,13,18-19H,12H2. The van der Waals surface area contributed by atoms with Crippen molar-refractivity contribution >= 4 is 5.69 Å². The Morgan fingerprint density at radius 3 is 2.55 bits per heavy atom. The van der Waals surface area contributed by atoms with Gasteiger partial charge < -0.3 is 0 Å². The molecule has 0 radical (unpaired) electrons. The molecule has 0 spiro atoms. The van der Waals surface area contributed by atoms with Gasteiger partial charge in [-0.3, -0.25) is 15.8 Å². The third-order valence-electron chi connectivity index (χ3n) is 3.01. The third-order valence-corrected chi connectivity index (χ3v) is 3.01. The number of aromatic nitrogens is 1. The number of hydrazine groups is 2. The number of pyridine rings is 1. The van der Waals surface area contributed by atoms with Crippen LogP contribution in [0.5, 0.6) is 0 Å². The average molecular weight is 264 g/mol. The molecule has 1 aromatic carbocycles. The van der Waals surface area contributed by atoms with Crippen molar-refractivity contribution in [2.45, 2.75) is 6.42 Å². The average Bonchev–Trinajstić information content (AvgIpc) is 2.51. The topological polar surface area (TPSA) is 40.2 Å². The van der Waals surface area contributed by atoms with Gasteiger partial charge in [-0.15, -0.1) is 0 Å². The monoisotopic (exact) mass is 264 g/mol. The second kappa shape index (κ2) is 5.93. The van der Waals surface area contributed by atoms with Crippen LogP contribution in [0.2, 0.25) is 0 Å². The molecule has 4 nitrogen and oxygen atoms in total. The predicted molar refractivity (Wildman–Crippen MR) is 80.2 cm³/mol. The summed E-state index contributed by atoms with van der Waals surface area (Å²) in [4.78, 5) is 4.03. The first-order valence-corrected chi connectivity index (χ1v) is 6.53. The van der Waals surface area contributed by atoms with E-state index in [-0.39, 0.29) is 0 Å². The zero-order chi connectivity index (χ0) is 13.6. The van der Waals surface area contributed by atoms with Crippen molar-refractivity contribution in [2.24, 2.45) is 0 Å². The highest BCUT2D eigenvalue weighted by Gasteiger charge is 2.04. The maximum atomic E-state index is 4.03. The molecule has 2 aromatic rings. The van der Waals surface area contributed by atoms with Crippen molar-refractivity contribution in [1.29, 1.82) is 0 Å². The molecule has 0 aliphatic carbocycles. The van der Waals surface area contributed by atoms with Gasteiger partial charge in [0.1, 0.15) is 0 Å². The maximum Gasteiger partial charge on any atom is 0.0561 e. The summed E-state index contributed by atoms with van der Waals surface area (Å²) in [5.74, 6) is 0. The van der Waals surface area contributed by atoms with E-state index in [2.05, 4.69) is 21.9 Å². The van der Waals surface area contributed by atoms with Crippen molar-refractivity contribution in [3.05, 3.63) is 84.5 Å². The van der Waals surface area contributed by atoms with Crippen LogP contribution in [0.25, 0.3) is 0 Å². The lowest BCUT2D eigenvalue weighted by atomic mass is 10.1. The first kappa shape index (κ1) is 12.3. The molecule has 100 valence electrons. The zero-order valence-electron chi connectivity index (χ0n) is 11.0. The molecule has 0 unspecified atom stereocenters. The molecule has 1 aliphatic heterocycles. The fourth-order valence-corrected chi connectivity index (χ4v) is 1.98. The number of benzene rings is 1. The van der Waals surface area contributed by atoms with Gasteiger partial charge in [-0.1, -0.05) is 18.2 Å². The van der Waals surface area contributed by atoms with Gasteiger partial charge in [-0.05, 0) is 47.9 Å². The SMILES string of the molecule is C1=CN(Nc2ccccc2)NC=C1Cc1ccncc1. The van der Waals surface area contributed by atoms with Crippen molar-refractivity contribution < 1.29 is 0 Å². The number of allylic oxidation sites excluding steroid dienone is 2. The summed E-state index contributed by atoms with van der Waals surface area (Å²) in [5, 5.41) is 1.82. The highest BCUT2D eigenvalue weighted by Crippen LogP contribution is 2.12. The number of nitrogens with zero attached hydrogens (tertiary/aromatic N) is 2. The third kappa shape index (κ3) is 3.17. The Bertz CT molecular complexity index is 605. The molecular formula is C16H16N4. The van der Waals surface area contributed by atoms with Crippen molar-refractivity contribution in [3.8, 4) is 0 Å². The Morgan fingerprint density at radius 2 is 1.85 bits per heavy atom. The van der Waals surface area contributed by atoms with Crippen LogP contribution in [0.4, 0.5) is 5.69 Å². The van der Waals surface area contributed by atoms with E-state index >= 15 is 0 Å². The molecule has 0 fully saturated rings. The van der Waals surface area contributed by atoms with Crippen LogP contribution in [0.3, 0.4) is 0 Å². The molecule has 1 aliphatic rings. The molecule has 20 heavy (non-hydrogen) atoms. The lowest BCUT2D eigenvalue weighted by molar-refractivity contribution is 0.373. The maximum absolute atomic E-state index is 4.03. The lowest BCUT2D eigenvalue weighted by Gasteiger charge is -2.25. The number of anilines is 1. The fraction of sp³-hybridized carbons (Fsp3) is 0.0625. The number of para-hydroxylation sites is 1. The van der Waals surface area contributed by atoms with E-state index in [0.29, 0.717) is 0 Å². The van der Waals surface area contributed by atoms with Gasteiger partial charge in [0.15, 0.2) is 0 Å². The zero-order valence-corrected chi connectivity index (χ0v) is 11.0. The summed E-state index contributed by atoms with van der Waals surface area (Å²) < 4.78 is 0. The molecule has 0 bridgehead atoms. The molecule has 3 rings (SSSR count). The van der Waals surface area contributed by atoms with E-state index in [9.17, 15) is 0 Å². The first-order valence-electron chi connectivity index (χ1n) is 6.53. The molecule has 0 saturated heterocycles. The van der Waals surface area contributed by atoms with Crippen molar-refractivity contribution in [3.63, 3.8) is 0 Å². The van der Waals surface area contributed by atoms with Gasteiger partial charge in [-0.2, -0.15) is 0 Å². The van der Waals surface area contributed by atoms with E-state index in [1.807, 2.05) is 72.4 Å². The van der Waals surface area contributed by atoms with Gasteiger partial charge in [0, 0.05) is 24.8 Å². The second-order valence-corrected chi connectivity index (χ2v) is 4.54. The number of hydrogen-bond acceptors (Lipinski definition) is 4. The molecule has 4 heteroatoms. The summed E-state index contributed by atoms with van der Waals surface area (Å²) in [6, 6.07) is 14.1. The van der Waals surface area contributed by atoms with Crippen molar-refractivity contribution in [2.75, 3.05) is 5.43 Å². The highest BCUT2D eigenvalue weighted by atomic mass is 15.7. The number of hydrogen-bond donors (Lipinski definition) is 2. The van der Waals surface area contributed by atoms with Gasteiger partial charge >= 0.3 is 0 Å². The molecular weight excluding hydrogens is 248 g/mol. The van der Waals surface area contributed by atoms with Crippen LogP contribution < -0.4 is 10.9 Å². The van der Waals surface area contributed by atoms with Gasteiger partial charge in [0.25, 0.3) is 0 Å². The normalized spacial score (nSPS) is 13.6. The van der Waals surface area contributed by atoms with Crippen LogP contribution >= 0.6 is 0 Å². The summed E-state index contributed by atoms with van der Waals surface area (Å²) in [5.41, 5.74) is 9.96. The Kier molecular flexibility index (Phi) is 3.64. The molecule has 1 aromatic heterocycles. The van der Waals surface area contributed by atoms with E-state index in [1.54, 1.807) is 0 Å². The second-order valence-electron chi connectivity index (χ2n) is 4.54. The van der Waals surface area contributed by atoms with E-state index in [4.69, 9.17) is 0 Å². The Labute approximate surface area is 118 Å². The molecule has 0 saturated carbocycles. The minimum Gasteiger partial charge on any atom is -0.287 e. The van der Waals surface area contributed by atoms with Crippen molar-refractivity contribution in [1.82, 2.24) is 15.5 Å². The first-order chi connectivity index (χ1) is 9.90. The van der Waals surface area contributed by atoms with Crippen LogP contribution in [0.15, 0.2) is 78.9 Å². The highest BCUT2D eigenvalue weighted by molar-refractivity contribution is 5.42. The predicted octanol–water partition coefficient (Wildman–Crippen LogP) is 2.87. The molecule has 2 N–H and O–H groups in total. The quantitative estimate of drug-likeness (QED) is 0.891. The van der Waals surface area contributed by atoms with E-state index in [1.165, 1.54) is 11.1 Å². The van der Waals surface area contributed by atoms with Crippen LogP contribution in [-0.2, 0) is 6.42 Å². The van der Waals surface area contributed by atoms with Crippen LogP contribution in [0, 0.1) is 0 Å². The molecule has 0 atom stereocenters. The van der Waals surface area contributed by atoms with Gasteiger partial charge in [-0.25, -0.2) is 5.12 Å². The largest absolute Gasteiger partial charge is 0.287 e. The Hall–Kier alpha value is -2.75. The van der Waals surface area contributed by atoms with Gasteiger partial charge in [0.05, 0.1) is 5.69 Å². The fourth-order valence-electron chi connectivity index (χ4n) is 1.98. The van der Waals surface area contributed by atoms with Gasteiger partial charge in [0.2, 0.25) is 0 Å². The van der Waals surface area contributed by atoms with E-state index in [0.717, 1.165) is 12.1 Å². The van der Waals surface area contributed by atoms with E-state index < -0.39 is 0 Å². The lowest BCUT2D eigenvalue weighted by Crippen LogP contribution is -2.36. The summed E-state index contributed by atoms with van der Waals surface area (Å²) in [6.45, 7) is 0. The minimum atomic E-state index is 0.894. The smallest absolute Gasteiger partial charge is 0.0561 e.